The Labute approximate surface area is 100.0 Å². The third-order valence-corrected chi connectivity index (χ3v) is 2.81. The third-order valence-electron chi connectivity index (χ3n) is 2.81. The van der Waals surface area contributed by atoms with Crippen molar-refractivity contribution >= 4 is 17.4 Å². The number of anilines is 1. The summed E-state index contributed by atoms with van der Waals surface area (Å²) in [6, 6.07) is 7.02. The van der Waals surface area contributed by atoms with Crippen LogP contribution in [0.3, 0.4) is 0 Å². The predicted molar refractivity (Wildman–Crippen MR) is 64.1 cm³/mol. The fraction of sp³-hybridized carbons (Fsp3) is 0.385. The molecule has 4 heteroatoms. The number of para-hydroxylation sites is 1. The molecule has 90 valence electrons. The van der Waals surface area contributed by atoms with Crippen LogP contribution in [0.1, 0.15) is 30.6 Å². The average molecular weight is 233 g/mol. The Balaban J connectivity index is 2.42. The lowest BCUT2D eigenvalue weighted by Crippen LogP contribution is -2.39. The fourth-order valence-electron chi connectivity index (χ4n) is 1.71. The molecule has 0 spiro atoms. The quantitative estimate of drug-likeness (QED) is 0.745. The highest BCUT2D eigenvalue weighted by Gasteiger charge is 2.31. The van der Waals surface area contributed by atoms with Crippen LogP contribution in [-0.4, -0.2) is 23.9 Å². The van der Waals surface area contributed by atoms with Gasteiger partial charge in [-0.2, -0.15) is 0 Å². The average Bonchev–Trinajstić information content (AvgIpc) is 2.31. The van der Waals surface area contributed by atoms with Crippen molar-refractivity contribution in [3.05, 3.63) is 29.8 Å². The second-order valence-corrected chi connectivity index (χ2v) is 4.53. The molecular weight excluding hydrogens is 218 g/mol. The third kappa shape index (κ3) is 2.36. The van der Waals surface area contributed by atoms with E-state index in [-0.39, 0.29) is 24.7 Å². The van der Waals surface area contributed by atoms with Gasteiger partial charge in [0.2, 0.25) is 0 Å². The van der Waals surface area contributed by atoms with Gasteiger partial charge >= 0.3 is 0 Å². The van der Waals surface area contributed by atoms with E-state index < -0.39 is 5.60 Å². The van der Waals surface area contributed by atoms with Crippen LogP contribution in [0.2, 0.25) is 0 Å². The summed E-state index contributed by atoms with van der Waals surface area (Å²) in [6.45, 7) is 3.65. The molecule has 1 aliphatic heterocycles. The highest BCUT2D eigenvalue weighted by Crippen LogP contribution is 2.22. The Bertz CT molecular complexity index is 465. The molecule has 0 radical (unpaired) electrons. The zero-order chi connectivity index (χ0) is 12.5. The molecule has 1 aromatic carbocycles. The summed E-state index contributed by atoms with van der Waals surface area (Å²) in [7, 11) is 0. The van der Waals surface area contributed by atoms with Gasteiger partial charge in [0, 0.05) is 12.0 Å². The Morgan fingerprint density at radius 2 is 1.94 bits per heavy atom. The van der Waals surface area contributed by atoms with Crippen molar-refractivity contribution < 1.29 is 14.3 Å². The minimum absolute atomic E-state index is 0.0152. The minimum atomic E-state index is -0.919. The van der Waals surface area contributed by atoms with Gasteiger partial charge in [0.05, 0.1) is 12.3 Å². The van der Waals surface area contributed by atoms with Gasteiger partial charge in [0.1, 0.15) is 5.60 Å². The fourth-order valence-corrected chi connectivity index (χ4v) is 1.71. The van der Waals surface area contributed by atoms with Gasteiger partial charge in [0.25, 0.3) is 5.91 Å². The zero-order valence-electron chi connectivity index (χ0n) is 9.95. The molecule has 2 rings (SSSR count). The maximum Gasteiger partial charge on any atom is 0.256 e. The molecule has 0 atom stereocenters. The summed E-state index contributed by atoms with van der Waals surface area (Å²) in [6.07, 6.45) is 0.287. The summed E-state index contributed by atoms with van der Waals surface area (Å²) >= 11 is 0. The van der Waals surface area contributed by atoms with Gasteiger partial charge in [-0.15, -0.1) is 0 Å². The van der Waals surface area contributed by atoms with Gasteiger partial charge in [0.15, 0.2) is 5.78 Å². The second-order valence-electron chi connectivity index (χ2n) is 4.53. The van der Waals surface area contributed by atoms with E-state index in [0.717, 1.165) is 0 Å². The standard InChI is InChI=1S/C13H15NO3/c1-13(2)12(16)14-10-6-4-3-5-9(10)11(15)7-8-17-13/h3-6H,7-8H2,1-2H3,(H,14,16). The van der Waals surface area contributed by atoms with Crippen LogP contribution in [0.5, 0.6) is 0 Å². The lowest BCUT2D eigenvalue weighted by atomic mass is 10.1. The van der Waals surface area contributed by atoms with Gasteiger partial charge in [-0.3, -0.25) is 9.59 Å². The maximum atomic E-state index is 12.0. The number of rotatable bonds is 0. The maximum absolute atomic E-state index is 12.0. The normalized spacial score (nSPS) is 19.6. The van der Waals surface area contributed by atoms with E-state index in [4.69, 9.17) is 4.74 Å². The number of hydrogen-bond acceptors (Lipinski definition) is 3. The number of Topliss-reactive ketones (excluding diaryl/α,β-unsaturated/α-hetero) is 1. The van der Waals surface area contributed by atoms with Crippen LogP contribution in [0.25, 0.3) is 0 Å². The number of carbonyl (C=O) groups excluding carboxylic acids is 2. The van der Waals surface area contributed by atoms with Crippen LogP contribution >= 0.6 is 0 Å². The van der Waals surface area contributed by atoms with E-state index in [1.807, 2.05) is 0 Å². The van der Waals surface area contributed by atoms with Crippen LogP contribution in [0.4, 0.5) is 5.69 Å². The Morgan fingerprint density at radius 3 is 2.71 bits per heavy atom. The highest BCUT2D eigenvalue weighted by atomic mass is 16.5. The molecule has 1 N–H and O–H groups in total. The first-order valence-corrected chi connectivity index (χ1v) is 5.58. The molecule has 0 saturated heterocycles. The van der Waals surface area contributed by atoms with Crippen molar-refractivity contribution in [2.75, 3.05) is 11.9 Å². The number of ketones is 1. The number of nitrogens with one attached hydrogen (secondary N) is 1. The van der Waals surface area contributed by atoms with Crippen molar-refractivity contribution in [1.82, 2.24) is 0 Å². The Morgan fingerprint density at radius 1 is 1.24 bits per heavy atom. The first-order valence-electron chi connectivity index (χ1n) is 5.58. The summed E-state index contributed by atoms with van der Waals surface area (Å²) in [5.41, 5.74) is 0.181. The molecular formula is C13H15NO3. The molecule has 4 nitrogen and oxygen atoms in total. The van der Waals surface area contributed by atoms with Gasteiger partial charge in [-0.1, -0.05) is 12.1 Å². The molecule has 0 aromatic heterocycles. The number of hydrogen-bond donors (Lipinski definition) is 1. The van der Waals surface area contributed by atoms with Crippen molar-refractivity contribution in [3.63, 3.8) is 0 Å². The molecule has 0 unspecified atom stereocenters. The van der Waals surface area contributed by atoms with E-state index in [0.29, 0.717) is 11.3 Å². The smallest absolute Gasteiger partial charge is 0.256 e. The van der Waals surface area contributed by atoms with Gasteiger partial charge in [-0.25, -0.2) is 0 Å². The van der Waals surface area contributed by atoms with Gasteiger partial charge < -0.3 is 10.1 Å². The Kier molecular flexibility index (Phi) is 2.98. The van der Waals surface area contributed by atoms with E-state index in [1.54, 1.807) is 38.1 Å². The van der Waals surface area contributed by atoms with Crippen molar-refractivity contribution in [3.8, 4) is 0 Å². The number of fused-ring (bicyclic) bond motifs is 1. The first kappa shape index (κ1) is 11.8. The minimum Gasteiger partial charge on any atom is -0.365 e. The SMILES string of the molecule is CC1(C)OCCC(=O)c2ccccc2NC1=O. The molecule has 1 amide bonds. The van der Waals surface area contributed by atoms with E-state index in [2.05, 4.69) is 5.32 Å². The summed E-state index contributed by atoms with van der Waals surface area (Å²) in [5, 5.41) is 2.74. The molecule has 1 aliphatic rings. The van der Waals surface area contributed by atoms with E-state index in [1.165, 1.54) is 0 Å². The van der Waals surface area contributed by atoms with Crippen molar-refractivity contribution in [2.45, 2.75) is 25.9 Å². The summed E-state index contributed by atoms with van der Waals surface area (Å²) in [4.78, 5) is 23.9. The number of carbonyl (C=O) groups is 2. The number of amides is 1. The molecule has 0 aliphatic carbocycles. The van der Waals surface area contributed by atoms with Gasteiger partial charge in [-0.05, 0) is 26.0 Å². The van der Waals surface area contributed by atoms with E-state index in [9.17, 15) is 9.59 Å². The molecule has 0 bridgehead atoms. The molecule has 1 aromatic rings. The molecule has 17 heavy (non-hydrogen) atoms. The zero-order valence-corrected chi connectivity index (χ0v) is 9.95. The lowest BCUT2D eigenvalue weighted by molar-refractivity contribution is -0.136. The van der Waals surface area contributed by atoms with Crippen LogP contribution < -0.4 is 5.32 Å². The van der Waals surface area contributed by atoms with Crippen LogP contribution in [0, 0.1) is 0 Å². The molecule has 1 heterocycles. The number of benzene rings is 1. The highest BCUT2D eigenvalue weighted by molar-refractivity contribution is 6.06. The lowest BCUT2D eigenvalue weighted by Gasteiger charge is -2.23. The number of ether oxygens (including phenoxy) is 1. The summed E-state index contributed by atoms with van der Waals surface area (Å²) < 4.78 is 5.43. The summed E-state index contributed by atoms with van der Waals surface area (Å²) in [5.74, 6) is -0.252. The topological polar surface area (TPSA) is 55.4 Å². The van der Waals surface area contributed by atoms with Crippen LogP contribution in [0.15, 0.2) is 24.3 Å². The van der Waals surface area contributed by atoms with Crippen molar-refractivity contribution in [1.29, 1.82) is 0 Å². The second kappa shape index (κ2) is 4.30. The molecule has 0 saturated carbocycles. The first-order chi connectivity index (χ1) is 8.00. The predicted octanol–water partition coefficient (Wildman–Crippen LogP) is 2.01. The van der Waals surface area contributed by atoms with E-state index >= 15 is 0 Å². The molecule has 0 fully saturated rings. The Hall–Kier alpha value is -1.68. The largest absolute Gasteiger partial charge is 0.365 e. The monoisotopic (exact) mass is 233 g/mol. The van der Waals surface area contributed by atoms with Crippen LogP contribution in [-0.2, 0) is 9.53 Å². The van der Waals surface area contributed by atoms with Crippen molar-refractivity contribution in [2.24, 2.45) is 0 Å².